The van der Waals surface area contributed by atoms with E-state index in [9.17, 15) is 4.39 Å². The van der Waals surface area contributed by atoms with Gasteiger partial charge in [-0.3, -0.25) is 0 Å². The van der Waals surface area contributed by atoms with E-state index in [1.54, 1.807) is 18.3 Å². The standard InChI is InChI=1S/C14H18FN3/c1-3-18-9-8-16-14(18)10-17-11(2)12-6-4-5-7-13(12)15/h4-9,11,17H,3,10H2,1-2H3/t11-/m1/s1. The fourth-order valence-electron chi connectivity index (χ4n) is 1.98. The predicted octanol–water partition coefficient (Wildman–Crippen LogP) is 2.89. The smallest absolute Gasteiger partial charge is 0.127 e. The van der Waals surface area contributed by atoms with Crippen LogP contribution in [-0.4, -0.2) is 9.55 Å². The van der Waals surface area contributed by atoms with Crippen molar-refractivity contribution in [1.82, 2.24) is 14.9 Å². The zero-order valence-electron chi connectivity index (χ0n) is 10.7. The molecule has 0 radical (unpaired) electrons. The normalized spacial score (nSPS) is 12.6. The van der Waals surface area contributed by atoms with Crippen molar-refractivity contribution in [2.75, 3.05) is 0 Å². The summed E-state index contributed by atoms with van der Waals surface area (Å²) in [5.41, 5.74) is 0.687. The summed E-state index contributed by atoms with van der Waals surface area (Å²) in [6.07, 6.45) is 3.74. The summed E-state index contributed by atoms with van der Waals surface area (Å²) in [7, 11) is 0. The van der Waals surface area contributed by atoms with Gasteiger partial charge in [-0.1, -0.05) is 18.2 Å². The van der Waals surface area contributed by atoms with Gasteiger partial charge in [-0.25, -0.2) is 9.37 Å². The summed E-state index contributed by atoms with van der Waals surface area (Å²) in [6, 6.07) is 6.81. The molecule has 0 spiro atoms. The van der Waals surface area contributed by atoms with Gasteiger partial charge in [0.25, 0.3) is 0 Å². The van der Waals surface area contributed by atoms with Crippen LogP contribution in [0.15, 0.2) is 36.7 Å². The Balaban J connectivity index is 2.01. The largest absolute Gasteiger partial charge is 0.334 e. The lowest BCUT2D eigenvalue weighted by Gasteiger charge is -2.15. The van der Waals surface area contributed by atoms with Gasteiger partial charge in [-0.15, -0.1) is 0 Å². The molecule has 0 aliphatic rings. The second-order valence-electron chi connectivity index (χ2n) is 4.25. The van der Waals surface area contributed by atoms with Crippen molar-refractivity contribution in [3.63, 3.8) is 0 Å². The maximum atomic E-state index is 13.6. The highest BCUT2D eigenvalue weighted by molar-refractivity contribution is 5.20. The zero-order chi connectivity index (χ0) is 13.0. The van der Waals surface area contributed by atoms with Gasteiger partial charge in [-0.2, -0.15) is 0 Å². The molecule has 18 heavy (non-hydrogen) atoms. The molecule has 96 valence electrons. The number of nitrogens with one attached hydrogen (secondary N) is 1. The van der Waals surface area contributed by atoms with Crippen molar-refractivity contribution >= 4 is 0 Å². The molecule has 1 heterocycles. The first kappa shape index (κ1) is 12.8. The Bertz CT molecular complexity index is 507. The second-order valence-corrected chi connectivity index (χ2v) is 4.25. The number of halogens is 1. The van der Waals surface area contributed by atoms with Crippen LogP contribution >= 0.6 is 0 Å². The van der Waals surface area contributed by atoms with Gasteiger partial charge in [0.05, 0.1) is 6.54 Å². The second kappa shape index (κ2) is 5.78. The van der Waals surface area contributed by atoms with E-state index < -0.39 is 0 Å². The lowest BCUT2D eigenvalue weighted by molar-refractivity contribution is 0.510. The van der Waals surface area contributed by atoms with Crippen molar-refractivity contribution in [3.05, 3.63) is 53.9 Å². The van der Waals surface area contributed by atoms with E-state index in [0.717, 1.165) is 12.4 Å². The van der Waals surface area contributed by atoms with E-state index >= 15 is 0 Å². The molecule has 0 saturated carbocycles. The average Bonchev–Trinajstić information content (AvgIpc) is 2.84. The Hall–Kier alpha value is -1.68. The highest BCUT2D eigenvalue weighted by Crippen LogP contribution is 2.16. The Morgan fingerprint density at radius 1 is 1.39 bits per heavy atom. The SMILES string of the molecule is CCn1ccnc1CN[C@H](C)c1ccccc1F. The fraction of sp³-hybridized carbons (Fsp3) is 0.357. The van der Waals surface area contributed by atoms with Gasteiger partial charge in [-0.05, 0) is 19.9 Å². The van der Waals surface area contributed by atoms with Crippen LogP contribution in [0.1, 0.15) is 31.3 Å². The van der Waals surface area contributed by atoms with Gasteiger partial charge in [0, 0.05) is 30.5 Å². The third-order valence-electron chi connectivity index (χ3n) is 3.08. The molecular weight excluding hydrogens is 229 g/mol. The molecule has 1 N–H and O–H groups in total. The number of hydrogen-bond donors (Lipinski definition) is 1. The first-order valence-corrected chi connectivity index (χ1v) is 6.20. The van der Waals surface area contributed by atoms with E-state index in [0.29, 0.717) is 12.1 Å². The molecule has 0 saturated heterocycles. The molecule has 4 heteroatoms. The maximum absolute atomic E-state index is 13.6. The maximum Gasteiger partial charge on any atom is 0.127 e. The third kappa shape index (κ3) is 2.76. The van der Waals surface area contributed by atoms with E-state index in [2.05, 4.69) is 21.8 Å². The van der Waals surface area contributed by atoms with Crippen LogP contribution in [0.2, 0.25) is 0 Å². The minimum atomic E-state index is -0.170. The molecule has 3 nitrogen and oxygen atoms in total. The van der Waals surface area contributed by atoms with Crippen molar-refractivity contribution in [2.24, 2.45) is 0 Å². The monoisotopic (exact) mass is 247 g/mol. The van der Waals surface area contributed by atoms with Crippen LogP contribution in [0.4, 0.5) is 4.39 Å². The summed E-state index contributed by atoms with van der Waals surface area (Å²) in [4.78, 5) is 4.28. The quantitative estimate of drug-likeness (QED) is 0.880. The first-order valence-electron chi connectivity index (χ1n) is 6.20. The number of aromatic nitrogens is 2. The predicted molar refractivity (Wildman–Crippen MR) is 69.6 cm³/mol. The fourth-order valence-corrected chi connectivity index (χ4v) is 1.98. The highest BCUT2D eigenvalue weighted by Gasteiger charge is 2.10. The summed E-state index contributed by atoms with van der Waals surface area (Å²) in [5.74, 6) is 0.803. The van der Waals surface area contributed by atoms with E-state index in [1.807, 2.05) is 19.2 Å². The van der Waals surface area contributed by atoms with Gasteiger partial charge in [0.1, 0.15) is 11.6 Å². The Morgan fingerprint density at radius 2 is 2.17 bits per heavy atom. The number of rotatable bonds is 5. The molecule has 1 aromatic carbocycles. The van der Waals surface area contributed by atoms with Crippen LogP contribution in [-0.2, 0) is 13.1 Å². The molecule has 0 aliphatic carbocycles. The summed E-state index contributed by atoms with van der Waals surface area (Å²) < 4.78 is 15.7. The third-order valence-corrected chi connectivity index (χ3v) is 3.08. The summed E-state index contributed by atoms with van der Waals surface area (Å²) in [5, 5.41) is 3.29. The molecule has 1 atom stereocenters. The molecule has 2 rings (SSSR count). The van der Waals surface area contributed by atoms with Crippen LogP contribution < -0.4 is 5.32 Å². The summed E-state index contributed by atoms with van der Waals surface area (Å²) in [6.45, 7) is 5.56. The zero-order valence-corrected chi connectivity index (χ0v) is 10.7. The lowest BCUT2D eigenvalue weighted by atomic mass is 10.1. The van der Waals surface area contributed by atoms with Crippen molar-refractivity contribution in [2.45, 2.75) is 33.0 Å². The number of benzene rings is 1. The van der Waals surface area contributed by atoms with Crippen LogP contribution in [0.25, 0.3) is 0 Å². The number of hydrogen-bond acceptors (Lipinski definition) is 2. The molecule has 0 bridgehead atoms. The minimum absolute atomic E-state index is 0.0341. The van der Waals surface area contributed by atoms with Crippen LogP contribution in [0, 0.1) is 5.82 Å². The Morgan fingerprint density at radius 3 is 2.89 bits per heavy atom. The average molecular weight is 247 g/mol. The van der Waals surface area contributed by atoms with Gasteiger partial charge in [0.2, 0.25) is 0 Å². The Labute approximate surface area is 107 Å². The number of nitrogens with zero attached hydrogens (tertiary/aromatic N) is 2. The molecule has 0 aliphatic heterocycles. The van der Waals surface area contributed by atoms with Gasteiger partial charge < -0.3 is 9.88 Å². The number of aryl methyl sites for hydroxylation is 1. The van der Waals surface area contributed by atoms with Crippen LogP contribution in [0.3, 0.4) is 0 Å². The summed E-state index contributed by atoms with van der Waals surface area (Å²) >= 11 is 0. The van der Waals surface area contributed by atoms with Crippen LogP contribution in [0.5, 0.6) is 0 Å². The van der Waals surface area contributed by atoms with Gasteiger partial charge >= 0.3 is 0 Å². The molecule has 0 fully saturated rings. The first-order chi connectivity index (χ1) is 8.72. The molecule has 1 aromatic heterocycles. The Kier molecular flexibility index (Phi) is 4.10. The lowest BCUT2D eigenvalue weighted by Crippen LogP contribution is -2.21. The van der Waals surface area contributed by atoms with E-state index in [-0.39, 0.29) is 11.9 Å². The topological polar surface area (TPSA) is 29.9 Å². The molecular formula is C14H18FN3. The molecule has 0 amide bonds. The highest BCUT2D eigenvalue weighted by atomic mass is 19.1. The van der Waals surface area contributed by atoms with Crippen molar-refractivity contribution < 1.29 is 4.39 Å². The van der Waals surface area contributed by atoms with E-state index in [1.165, 1.54) is 6.07 Å². The molecule has 0 unspecified atom stereocenters. The van der Waals surface area contributed by atoms with Crippen molar-refractivity contribution in [1.29, 1.82) is 0 Å². The number of imidazole rings is 1. The minimum Gasteiger partial charge on any atom is -0.334 e. The van der Waals surface area contributed by atoms with E-state index in [4.69, 9.17) is 0 Å². The van der Waals surface area contributed by atoms with Gasteiger partial charge in [0.15, 0.2) is 0 Å². The molecule has 2 aromatic rings. The van der Waals surface area contributed by atoms with Crippen molar-refractivity contribution in [3.8, 4) is 0 Å².